The molecule has 0 fully saturated rings. The zero-order valence-electron chi connectivity index (χ0n) is 9.99. The first-order valence-corrected chi connectivity index (χ1v) is 6.71. The molecular formula is C12H22N2S. The van der Waals surface area contributed by atoms with Gasteiger partial charge in [-0.3, -0.25) is 4.98 Å². The zero-order chi connectivity index (χ0) is 11.1. The molecule has 15 heavy (non-hydrogen) atoms. The number of aromatic nitrogens is 1. The Balaban J connectivity index is 2.30. The Labute approximate surface area is 97.1 Å². The van der Waals surface area contributed by atoms with Gasteiger partial charge in [0, 0.05) is 17.1 Å². The monoisotopic (exact) mass is 226 g/mol. The second-order valence-electron chi connectivity index (χ2n) is 4.39. The van der Waals surface area contributed by atoms with Gasteiger partial charge in [-0.25, -0.2) is 0 Å². The highest BCUT2D eigenvalue weighted by molar-refractivity contribution is 7.09. The van der Waals surface area contributed by atoms with Gasteiger partial charge in [0.1, 0.15) is 0 Å². The van der Waals surface area contributed by atoms with Crippen molar-refractivity contribution >= 4 is 11.3 Å². The summed E-state index contributed by atoms with van der Waals surface area (Å²) >= 11 is 1.76. The maximum absolute atomic E-state index is 4.11. The van der Waals surface area contributed by atoms with Crippen molar-refractivity contribution in [2.24, 2.45) is 5.92 Å². The summed E-state index contributed by atoms with van der Waals surface area (Å²) in [5, 5.41) is 3.56. The maximum atomic E-state index is 4.11. The molecule has 0 aliphatic heterocycles. The van der Waals surface area contributed by atoms with E-state index >= 15 is 0 Å². The van der Waals surface area contributed by atoms with Gasteiger partial charge in [-0.2, -0.15) is 0 Å². The zero-order valence-corrected chi connectivity index (χ0v) is 10.8. The lowest BCUT2D eigenvalue weighted by atomic mass is 9.99. The SMILES string of the molecule is CCNC(CCc1cncs1)CC(C)C. The third-order valence-electron chi connectivity index (χ3n) is 2.47. The molecule has 1 heterocycles. The van der Waals surface area contributed by atoms with Crippen LogP contribution in [-0.2, 0) is 6.42 Å². The van der Waals surface area contributed by atoms with Crippen LogP contribution in [0.2, 0.25) is 0 Å². The lowest BCUT2D eigenvalue weighted by molar-refractivity contribution is 0.406. The summed E-state index contributed by atoms with van der Waals surface area (Å²) in [5.74, 6) is 0.774. The molecule has 3 heteroatoms. The van der Waals surface area contributed by atoms with E-state index in [0.717, 1.165) is 18.9 Å². The molecule has 0 amide bonds. The molecule has 0 spiro atoms. The molecule has 1 unspecified atom stereocenters. The maximum Gasteiger partial charge on any atom is 0.0794 e. The van der Waals surface area contributed by atoms with E-state index in [1.54, 1.807) is 11.3 Å². The van der Waals surface area contributed by atoms with Crippen molar-refractivity contribution in [1.82, 2.24) is 10.3 Å². The second-order valence-corrected chi connectivity index (χ2v) is 5.36. The first kappa shape index (κ1) is 12.7. The summed E-state index contributed by atoms with van der Waals surface area (Å²) in [6.07, 6.45) is 5.65. The molecule has 1 aromatic heterocycles. The second kappa shape index (κ2) is 6.96. The van der Waals surface area contributed by atoms with Crippen LogP contribution in [0.5, 0.6) is 0 Å². The standard InChI is InChI=1S/C12H22N2S/c1-4-14-11(7-10(2)3)5-6-12-8-13-9-15-12/h8-11,14H,4-7H2,1-3H3. The topological polar surface area (TPSA) is 24.9 Å². The predicted molar refractivity (Wildman–Crippen MR) is 67.4 cm³/mol. The Morgan fingerprint density at radius 2 is 2.27 bits per heavy atom. The Kier molecular flexibility index (Phi) is 5.88. The highest BCUT2D eigenvalue weighted by Crippen LogP contribution is 2.14. The Bertz CT molecular complexity index is 244. The molecule has 86 valence electrons. The number of rotatable bonds is 7. The highest BCUT2D eigenvalue weighted by Gasteiger charge is 2.09. The van der Waals surface area contributed by atoms with Crippen LogP contribution < -0.4 is 5.32 Å². The third-order valence-corrected chi connectivity index (χ3v) is 3.31. The van der Waals surface area contributed by atoms with E-state index < -0.39 is 0 Å². The molecule has 0 radical (unpaired) electrons. The van der Waals surface area contributed by atoms with E-state index in [9.17, 15) is 0 Å². The van der Waals surface area contributed by atoms with Crippen LogP contribution in [-0.4, -0.2) is 17.6 Å². The summed E-state index contributed by atoms with van der Waals surface area (Å²) < 4.78 is 0. The van der Waals surface area contributed by atoms with Gasteiger partial charge in [0.05, 0.1) is 5.51 Å². The summed E-state index contributed by atoms with van der Waals surface area (Å²) in [7, 11) is 0. The number of nitrogens with one attached hydrogen (secondary N) is 1. The fourth-order valence-corrected chi connectivity index (χ4v) is 2.46. The lowest BCUT2D eigenvalue weighted by Gasteiger charge is -2.19. The molecule has 0 aromatic carbocycles. The average Bonchev–Trinajstić information content (AvgIpc) is 2.66. The number of aryl methyl sites for hydroxylation is 1. The van der Waals surface area contributed by atoms with Gasteiger partial charge >= 0.3 is 0 Å². The van der Waals surface area contributed by atoms with Crippen LogP contribution >= 0.6 is 11.3 Å². The van der Waals surface area contributed by atoms with Crippen molar-refractivity contribution in [2.45, 2.75) is 46.1 Å². The molecule has 0 saturated heterocycles. The van der Waals surface area contributed by atoms with E-state index in [0.29, 0.717) is 6.04 Å². The summed E-state index contributed by atoms with van der Waals surface area (Å²) in [6.45, 7) is 7.83. The van der Waals surface area contributed by atoms with Crippen molar-refractivity contribution in [1.29, 1.82) is 0 Å². The fraction of sp³-hybridized carbons (Fsp3) is 0.750. The molecule has 1 atom stereocenters. The minimum atomic E-state index is 0.664. The summed E-state index contributed by atoms with van der Waals surface area (Å²) in [4.78, 5) is 5.51. The molecule has 1 N–H and O–H groups in total. The van der Waals surface area contributed by atoms with Crippen LogP contribution in [0.3, 0.4) is 0 Å². The van der Waals surface area contributed by atoms with Gasteiger partial charge in [-0.05, 0) is 31.7 Å². The largest absolute Gasteiger partial charge is 0.314 e. The molecule has 1 aromatic rings. The van der Waals surface area contributed by atoms with Crippen LogP contribution in [0.4, 0.5) is 0 Å². The molecule has 0 aliphatic carbocycles. The van der Waals surface area contributed by atoms with E-state index in [1.165, 1.54) is 17.7 Å². The van der Waals surface area contributed by atoms with Gasteiger partial charge in [-0.1, -0.05) is 20.8 Å². The Hall–Kier alpha value is -0.410. The number of thiazole rings is 1. The summed E-state index contributed by atoms with van der Waals surface area (Å²) in [5.41, 5.74) is 1.92. The summed E-state index contributed by atoms with van der Waals surface area (Å²) in [6, 6.07) is 0.664. The first-order valence-electron chi connectivity index (χ1n) is 5.83. The van der Waals surface area contributed by atoms with Gasteiger partial charge < -0.3 is 5.32 Å². The lowest BCUT2D eigenvalue weighted by Crippen LogP contribution is -2.30. The van der Waals surface area contributed by atoms with Crippen LogP contribution in [0.15, 0.2) is 11.7 Å². The van der Waals surface area contributed by atoms with Crippen molar-refractivity contribution in [3.8, 4) is 0 Å². The smallest absolute Gasteiger partial charge is 0.0794 e. The van der Waals surface area contributed by atoms with Gasteiger partial charge in [-0.15, -0.1) is 11.3 Å². The van der Waals surface area contributed by atoms with E-state index in [-0.39, 0.29) is 0 Å². The van der Waals surface area contributed by atoms with Crippen molar-refractivity contribution in [2.75, 3.05) is 6.54 Å². The molecular weight excluding hydrogens is 204 g/mol. The van der Waals surface area contributed by atoms with Crippen LogP contribution in [0.25, 0.3) is 0 Å². The van der Waals surface area contributed by atoms with Crippen LogP contribution in [0, 0.1) is 5.92 Å². The number of hydrogen-bond donors (Lipinski definition) is 1. The Morgan fingerprint density at radius 1 is 1.47 bits per heavy atom. The van der Waals surface area contributed by atoms with Gasteiger partial charge in [0.2, 0.25) is 0 Å². The van der Waals surface area contributed by atoms with E-state index in [1.807, 2.05) is 11.7 Å². The van der Waals surface area contributed by atoms with Gasteiger partial charge in [0.25, 0.3) is 0 Å². The normalized spacial score (nSPS) is 13.3. The third kappa shape index (κ3) is 5.28. The molecule has 2 nitrogen and oxygen atoms in total. The highest BCUT2D eigenvalue weighted by atomic mass is 32.1. The molecule has 0 aliphatic rings. The number of hydrogen-bond acceptors (Lipinski definition) is 3. The molecule has 1 rings (SSSR count). The van der Waals surface area contributed by atoms with E-state index in [4.69, 9.17) is 0 Å². The fourth-order valence-electron chi connectivity index (χ4n) is 1.84. The van der Waals surface area contributed by atoms with Gasteiger partial charge in [0.15, 0.2) is 0 Å². The average molecular weight is 226 g/mol. The van der Waals surface area contributed by atoms with E-state index in [2.05, 4.69) is 31.1 Å². The van der Waals surface area contributed by atoms with Crippen LogP contribution in [0.1, 0.15) is 38.5 Å². The van der Waals surface area contributed by atoms with Crippen molar-refractivity contribution < 1.29 is 0 Å². The molecule has 0 saturated carbocycles. The minimum absolute atomic E-state index is 0.664. The predicted octanol–water partition coefficient (Wildman–Crippen LogP) is 3.10. The minimum Gasteiger partial charge on any atom is -0.314 e. The molecule has 0 bridgehead atoms. The Morgan fingerprint density at radius 3 is 2.80 bits per heavy atom. The first-order chi connectivity index (χ1) is 7.22. The number of nitrogens with zero attached hydrogens (tertiary/aromatic N) is 1. The van der Waals surface area contributed by atoms with Crippen molar-refractivity contribution in [3.05, 3.63) is 16.6 Å². The quantitative estimate of drug-likeness (QED) is 0.773. The van der Waals surface area contributed by atoms with Crippen molar-refractivity contribution in [3.63, 3.8) is 0 Å².